The number of aliphatic imine (C=N–C) groups is 1. The van der Waals surface area contributed by atoms with Crippen molar-refractivity contribution in [1.29, 1.82) is 5.41 Å². The van der Waals surface area contributed by atoms with Gasteiger partial charge in [0.15, 0.2) is 0 Å². The van der Waals surface area contributed by atoms with Gasteiger partial charge in [0.1, 0.15) is 11.2 Å². The van der Waals surface area contributed by atoms with Crippen LogP contribution in [0.4, 0.5) is 0 Å². The van der Waals surface area contributed by atoms with Crippen LogP contribution >= 0.6 is 51.5 Å². The lowest BCUT2D eigenvalue weighted by Gasteiger charge is -2.33. The van der Waals surface area contributed by atoms with Crippen LogP contribution in [0.1, 0.15) is 31.7 Å². The quantitative estimate of drug-likeness (QED) is 0.0707. The van der Waals surface area contributed by atoms with Gasteiger partial charge in [0.25, 0.3) is 0 Å². The molecule has 1 aliphatic heterocycles. The predicted molar refractivity (Wildman–Crippen MR) is 171 cm³/mol. The van der Waals surface area contributed by atoms with Crippen LogP contribution in [-0.4, -0.2) is 40.4 Å². The Morgan fingerprint density at radius 3 is 2.68 bits per heavy atom. The van der Waals surface area contributed by atoms with Gasteiger partial charge < -0.3 is 4.90 Å². The Morgan fingerprint density at radius 1 is 1.32 bits per heavy atom. The summed E-state index contributed by atoms with van der Waals surface area (Å²) in [6, 6.07) is 7.69. The van der Waals surface area contributed by atoms with E-state index in [0.717, 1.165) is 56.1 Å². The van der Waals surface area contributed by atoms with E-state index >= 15 is 0 Å². The SMILES string of the molecule is CN=C(/C(=C1\C(=N)SC(C(NN)N(CC2=CCCC=C2)C(C)=S)=C1Br)C1C=CCC=C1)c1cccc(Cl)c1. The summed E-state index contributed by atoms with van der Waals surface area (Å²) in [5.74, 6) is 6.11. The molecule has 0 saturated carbocycles. The van der Waals surface area contributed by atoms with Gasteiger partial charge in [-0.3, -0.25) is 16.2 Å². The van der Waals surface area contributed by atoms with Crippen LogP contribution in [0.5, 0.6) is 0 Å². The van der Waals surface area contributed by atoms with Gasteiger partial charge in [0.2, 0.25) is 0 Å². The number of hydrogen-bond donors (Lipinski definition) is 3. The molecule has 0 spiro atoms. The number of rotatable bonds is 8. The van der Waals surface area contributed by atoms with Crippen molar-refractivity contribution in [2.75, 3.05) is 13.6 Å². The summed E-state index contributed by atoms with van der Waals surface area (Å²) in [5.41, 5.74) is 7.61. The van der Waals surface area contributed by atoms with Crippen molar-refractivity contribution in [1.82, 2.24) is 10.3 Å². The first-order valence-corrected chi connectivity index (χ1v) is 14.8. The van der Waals surface area contributed by atoms with Crippen molar-refractivity contribution in [3.05, 3.63) is 103 Å². The van der Waals surface area contributed by atoms with E-state index in [9.17, 15) is 0 Å². The summed E-state index contributed by atoms with van der Waals surface area (Å²) >= 11 is 17.3. The summed E-state index contributed by atoms with van der Waals surface area (Å²) in [6.07, 6.45) is 17.8. The first-order valence-electron chi connectivity index (χ1n) is 12.4. The number of hydrazine groups is 1. The van der Waals surface area contributed by atoms with Crippen molar-refractivity contribution in [2.24, 2.45) is 16.8 Å². The number of hydrogen-bond acceptors (Lipinski definition) is 6. The molecule has 198 valence electrons. The first-order chi connectivity index (χ1) is 18.3. The van der Waals surface area contributed by atoms with Crippen LogP contribution in [0.3, 0.4) is 0 Å². The molecule has 38 heavy (non-hydrogen) atoms. The number of nitrogens with zero attached hydrogens (tertiary/aromatic N) is 2. The van der Waals surface area contributed by atoms with Crippen molar-refractivity contribution in [3.8, 4) is 0 Å². The second-order valence-corrected chi connectivity index (χ2v) is 11.9. The normalized spacial score (nSPS) is 20.2. The summed E-state index contributed by atoms with van der Waals surface area (Å²) in [5, 5.41) is 10.2. The zero-order valence-electron chi connectivity index (χ0n) is 21.4. The van der Waals surface area contributed by atoms with Crippen LogP contribution in [0.2, 0.25) is 5.02 Å². The summed E-state index contributed by atoms with van der Waals surface area (Å²) in [6.45, 7) is 2.54. The molecule has 0 aromatic heterocycles. The minimum atomic E-state index is -0.409. The molecular formula is C29H31BrClN5S2. The Labute approximate surface area is 248 Å². The smallest absolute Gasteiger partial charge is 0.126 e. The maximum atomic E-state index is 9.12. The molecule has 1 unspecified atom stereocenters. The second kappa shape index (κ2) is 13.3. The number of nitrogens with one attached hydrogen (secondary N) is 2. The lowest BCUT2D eigenvalue weighted by Crippen LogP contribution is -2.51. The Balaban J connectivity index is 1.85. The lowest BCUT2D eigenvalue weighted by molar-refractivity contribution is 0.334. The third-order valence-corrected chi connectivity index (χ3v) is 9.17. The molecule has 1 aromatic rings. The van der Waals surface area contributed by atoms with E-state index < -0.39 is 6.17 Å². The molecule has 0 saturated heterocycles. The number of nitrogens with two attached hydrogens (primary N) is 1. The fourth-order valence-corrected chi connectivity index (χ4v) is 7.18. The molecule has 1 aromatic carbocycles. The van der Waals surface area contributed by atoms with E-state index in [2.05, 4.69) is 68.8 Å². The minimum absolute atomic E-state index is 0.0468. The Morgan fingerprint density at radius 2 is 2.08 bits per heavy atom. The molecule has 5 nitrogen and oxygen atoms in total. The van der Waals surface area contributed by atoms with Gasteiger partial charge in [0, 0.05) is 45.1 Å². The molecule has 0 amide bonds. The minimum Gasteiger partial charge on any atom is -0.341 e. The highest BCUT2D eigenvalue weighted by atomic mass is 79.9. The van der Waals surface area contributed by atoms with Crippen molar-refractivity contribution in [2.45, 2.75) is 32.4 Å². The zero-order chi connectivity index (χ0) is 27.2. The number of benzene rings is 1. The molecular weight excluding hydrogens is 598 g/mol. The fraction of sp³-hybridized carbons (Fsp3) is 0.276. The molecule has 0 bridgehead atoms. The van der Waals surface area contributed by atoms with Gasteiger partial charge in [-0.15, -0.1) is 0 Å². The Bertz CT molecular complexity index is 1330. The molecule has 9 heteroatoms. The number of halogens is 2. The summed E-state index contributed by atoms with van der Waals surface area (Å²) in [7, 11) is 1.78. The van der Waals surface area contributed by atoms with Crippen LogP contribution in [0.15, 0.2) is 97.9 Å². The van der Waals surface area contributed by atoms with Gasteiger partial charge in [-0.25, -0.2) is 5.43 Å². The topological polar surface area (TPSA) is 77.5 Å². The average molecular weight is 629 g/mol. The maximum Gasteiger partial charge on any atom is 0.126 e. The van der Waals surface area contributed by atoms with Crippen LogP contribution < -0.4 is 11.3 Å². The van der Waals surface area contributed by atoms with Crippen LogP contribution in [-0.2, 0) is 0 Å². The van der Waals surface area contributed by atoms with E-state index in [1.165, 1.54) is 17.3 Å². The summed E-state index contributed by atoms with van der Waals surface area (Å²) in [4.78, 5) is 8.40. The zero-order valence-corrected chi connectivity index (χ0v) is 25.4. The highest BCUT2D eigenvalue weighted by Crippen LogP contribution is 2.46. The molecule has 4 N–H and O–H groups in total. The fourth-order valence-electron chi connectivity index (χ4n) is 4.79. The maximum absolute atomic E-state index is 9.12. The van der Waals surface area contributed by atoms with E-state index in [0.29, 0.717) is 16.6 Å². The van der Waals surface area contributed by atoms with Gasteiger partial charge >= 0.3 is 0 Å². The lowest BCUT2D eigenvalue weighted by atomic mass is 9.84. The highest BCUT2D eigenvalue weighted by molar-refractivity contribution is 9.12. The number of thioether (sulfide) groups is 1. The number of allylic oxidation sites excluding steroid dienone is 8. The van der Waals surface area contributed by atoms with Gasteiger partial charge in [0.05, 0.1) is 10.7 Å². The van der Waals surface area contributed by atoms with Crippen molar-refractivity contribution < 1.29 is 0 Å². The van der Waals surface area contributed by atoms with E-state index in [4.69, 9.17) is 40.1 Å². The van der Waals surface area contributed by atoms with Crippen molar-refractivity contribution in [3.63, 3.8) is 0 Å². The molecule has 0 fully saturated rings. The number of thiocarbonyl (C=S) groups is 1. The van der Waals surface area contributed by atoms with E-state index in [-0.39, 0.29) is 5.92 Å². The van der Waals surface area contributed by atoms with Crippen LogP contribution in [0.25, 0.3) is 0 Å². The third kappa shape index (κ3) is 6.38. The highest BCUT2D eigenvalue weighted by Gasteiger charge is 2.37. The largest absolute Gasteiger partial charge is 0.341 e. The Hall–Kier alpha value is -2.07. The molecule has 0 radical (unpaired) electrons. The first kappa shape index (κ1) is 28.9. The van der Waals surface area contributed by atoms with E-state index in [1.807, 2.05) is 31.2 Å². The van der Waals surface area contributed by atoms with Gasteiger partial charge in [-0.05, 0) is 65.4 Å². The monoisotopic (exact) mass is 627 g/mol. The van der Waals surface area contributed by atoms with Crippen molar-refractivity contribution >= 4 is 67.3 Å². The predicted octanol–water partition coefficient (Wildman–Crippen LogP) is 7.23. The van der Waals surface area contributed by atoms with Crippen LogP contribution in [0, 0.1) is 11.3 Å². The van der Waals surface area contributed by atoms with E-state index in [1.54, 1.807) is 7.05 Å². The molecule has 1 atom stereocenters. The molecule has 3 aliphatic rings. The van der Waals surface area contributed by atoms with Gasteiger partial charge in [-0.1, -0.05) is 90.2 Å². The second-order valence-electron chi connectivity index (χ2n) is 9.07. The third-order valence-electron chi connectivity index (χ3n) is 6.56. The summed E-state index contributed by atoms with van der Waals surface area (Å²) < 4.78 is 0.815. The molecule has 2 aliphatic carbocycles. The average Bonchev–Trinajstić information content (AvgIpc) is 3.21. The Kier molecular flexibility index (Phi) is 10.1. The van der Waals surface area contributed by atoms with Gasteiger partial charge in [-0.2, -0.15) is 0 Å². The molecule has 4 rings (SSSR count). The molecule has 1 heterocycles. The standard InChI is InChI=1S/C29H31BrClN5S2/c1-18(37)36(17-19-10-5-3-6-11-19)29(35-33)27-25(30)24(28(32)38-27)23(20-12-7-4-8-13-20)26(34-2)21-14-9-15-22(31)16-21/h5,7-16,20,29,32,35H,3-4,6,17,33H2,1-2H3/b24-23-,32-28?,34-26?.